The largest absolute Gasteiger partial charge is 0.383 e. The lowest BCUT2D eigenvalue weighted by molar-refractivity contribution is 0.0303. The number of aryl methyl sites for hydroxylation is 1. The van der Waals surface area contributed by atoms with E-state index in [2.05, 4.69) is 20.9 Å². The minimum absolute atomic E-state index is 0.0345. The first-order chi connectivity index (χ1) is 12.6. The molecule has 0 bridgehead atoms. The summed E-state index contributed by atoms with van der Waals surface area (Å²) in [6, 6.07) is 10.0. The molecule has 134 valence electrons. The predicted octanol–water partition coefficient (Wildman–Crippen LogP) is 3.06. The van der Waals surface area contributed by atoms with Crippen LogP contribution in [0.25, 0.3) is 22.2 Å². The molecule has 7 heteroatoms. The zero-order valence-electron chi connectivity index (χ0n) is 14.4. The molecule has 0 spiro atoms. The second-order valence-corrected chi connectivity index (χ2v) is 7.24. The second kappa shape index (κ2) is 6.74. The molecule has 3 aromatic rings. The van der Waals surface area contributed by atoms with Gasteiger partial charge in [0.1, 0.15) is 5.82 Å². The standard InChI is InChI=1S/C19H19BrN4O2/c1-23-16(12-3-2-4-13(20)9-12)10-14-17(23)15(11-22-18(14)21)19(25)24-5-7-26-8-6-24/h2-4,9-11H,5-8H2,1H3,(H2,21,22). The first kappa shape index (κ1) is 17.1. The number of nitrogens with zero attached hydrogens (tertiary/aromatic N) is 3. The lowest BCUT2D eigenvalue weighted by Gasteiger charge is -2.27. The van der Waals surface area contributed by atoms with E-state index in [4.69, 9.17) is 10.5 Å². The molecule has 1 aromatic carbocycles. The molecular formula is C19H19BrN4O2. The number of nitrogens with two attached hydrogens (primary N) is 1. The number of pyridine rings is 1. The zero-order valence-corrected chi connectivity index (χ0v) is 16.0. The van der Waals surface area contributed by atoms with Crippen LogP contribution < -0.4 is 5.73 Å². The van der Waals surface area contributed by atoms with E-state index in [1.807, 2.05) is 46.8 Å². The lowest BCUT2D eigenvalue weighted by Crippen LogP contribution is -2.40. The van der Waals surface area contributed by atoms with Crippen molar-refractivity contribution in [2.24, 2.45) is 7.05 Å². The molecule has 0 unspecified atom stereocenters. The number of hydrogen-bond donors (Lipinski definition) is 1. The SMILES string of the molecule is Cn1c(-c2cccc(Br)c2)cc2c(N)ncc(C(=O)N3CCOCC3)c21. The van der Waals surface area contributed by atoms with Gasteiger partial charge >= 0.3 is 0 Å². The van der Waals surface area contributed by atoms with Crippen molar-refractivity contribution < 1.29 is 9.53 Å². The van der Waals surface area contributed by atoms with Crippen molar-refractivity contribution in [3.63, 3.8) is 0 Å². The number of carbonyl (C=O) groups is 1. The monoisotopic (exact) mass is 414 g/mol. The average Bonchev–Trinajstić information content (AvgIpc) is 3.01. The highest BCUT2D eigenvalue weighted by Crippen LogP contribution is 2.33. The molecule has 6 nitrogen and oxygen atoms in total. The van der Waals surface area contributed by atoms with Gasteiger partial charge in [-0.25, -0.2) is 4.98 Å². The fraction of sp³-hybridized carbons (Fsp3) is 0.263. The van der Waals surface area contributed by atoms with Gasteiger partial charge in [-0.2, -0.15) is 0 Å². The summed E-state index contributed by atoms with van der Waals surface area (Å²) >= 11 is 3.51. The summed E-state index contributed by atoms with van der Waals surface area (Å²) in [4.78, 5) is 19.1. The number of fused-ring (bicyclic) bond motifs is 1. The third-order valence-electron chi connectivity index (χ3n) is 4.75. The molecule has 0 saturated carbocycles. The third-order valence-corrected chi connectivity index (χ3v) is 5.24. The summed E-state index contributed by atoms with van der Waals surface area (Å²) in [5.41, 5.74) is 9.52. The van der Waals surface area contributed by atoms with Crippen LogP contribution in [-0.2, 0) is 11.8 Å². The van der Waals surface area contributed by atoms with Crippen molar-refractivity contribution in [1.29, 1.82) is 0 Å². The Kier molecular flexibility index (Phi) is 4.42. The maximum absolute atomic E-state index is 13.0. The highest BCUT2D eigenvalue weighted by Gasteiger charge is 2.24. The third kappa shape index (κ3) is 2.87. The predicted molar refractivity (Wildman–Crippen MR) is 105 cm³/mol. The number of amides is 1. The van der Waals surface area contributed by atoms with Crippen molar-refractivity contribution in [3.05, 3.63) is 46.6 Å². The van der Waals surface area contributed by atoms with Crippen LogP contribution in [0.3, 0.4) is 0 Å². The number of aromatic nitrogens is 2. The van der Waals surface area contributed by atoms with E-state index in [1.54, 1.807) is 6.20 Å². The van der Waals surface area contributed by atoms with E-state index < -0.39 is 0 Å². The molecule has 4 rings (SSSR count). The smallest absolute Gasteiger partial charge is 0.257 e. The molecule has 1 aliphatic heterocycles. The highest BCUT2D eigenvalue weighted by atomic mass is 79.9. The van der Waals surface area contributed by atoms with Gasteiger partial charge in [-0.15, -0.1) is 0 Å². The molecule has 0 aliphatic carbocycles. The quantitative estimate of drug-likeness (QED) is 0.699. The highest BCUT2D eigenvalue weighted by molar-refractivity contribution is 9.10. The summed E-state index contributed by atoms with van der Waals surface area (Å²) in [7, 11) is 1.95. The van der Waals surface area contributed by atoms with Crippen molar-refractivity contribution in [2.75, 3.05) is 32.0 Å². The number of benzene rings is 1. The maximum atomic E-state index is 13.0. The summed E-state index contributed by atoms with van der Waals surface area (Å²) < 4.78 is 8.36. The van der Waals surface area contributed by atoms with E-state index in [0.717, 1.165) is 26.6 Å². The van der Waals surface area contributed by atoms with Crippen molar-refractivity contribution in [3.8, 4) is 11.3 Å². The molecule has 2 aromatic heterocycles. The Hall–Kier alpha value is -2.38. The van der Waals surface area contributed by atoms with Crippen LogP contribution in [0, 0.1) is 0 Å². The summed E-state index contributed by atoms with van der Waals surface area (Å²) in [5.74, 6) is 0.392. The number of nitrogen functional groups attached to an aromatic ring is 1. The lowest BCUT2D eigenvalue weighted by atomic mass is 10.1. The number of carbonyl (C=O) groups excluding carboxylic acids is 1. The van der Waals surface area contributed by atoms with Gasteiger partial charge in [-0.1, -0.05) is 28.1 Å². The fourth-order valence-corrected chi connectivity index (χ4v) is 3.81. The first-order valence-electron chi connectivity index (χ1n) is 8.43. The molecule has 3 heterocycles. The second-order valence-electron chi connectivity index (χ2n) is 6.32. The van der Waals surface area contributed by atoms with Gasteiger partial charge in [-0.3, -0.25) is 4.79 Å². The average molecular weight is 415 g/mol. The van der Waals surface area contributed by atoms with Crippen LogP contribution in [0.15, 0.2) is 41.0 Å². The van der Waals surface area contributed by atoms with Crippen LogP contribution >= 0.6 is 15.9 Å². The van der Waals surface area contributed by atoms with E-state index in [1.165, 1.54) is 0 Å². The number of anilines is 1. The number of halogens is 1. The van der Waals surface area contributed by atoms with Crippen LogP contribution in [-0.4, -0.2) is 46.7 Å². The Labute approximate surface area is 159 Å². The molecule has 1 saturated heterocycles. The Balaban J connectivity index is 1.87. The van der Waals surface area contributed by atoms with Gasteiger partial charge in [0.05, 0.1) is 24.3 Å². The van der Waals surface area contributed by atoms with Crippen LogP contribution in [0.4, 0.5) is 5.82 Å². The van der Waals surface area contributed by atoms with Crippen LogP contribution in [0.1, 0.15) is 10.4 Å². The minimum Gasteiger partial charge on any atom is -0.383 e. The van der Waals surface area contributed by atoms with E-state index >= 15 is 0 Å². The summed E-state index contributed by atoms with van der Waals surface area (Å²) in [6.45, 7) is 2.31. The molecular weight excluding hydrogens is 396 g/mol. The summed E-state index contributed by atoms with van der Waals surface area (Å²) in [5, 5.41) is 0.793. The molecule has 2 N–H and O–H groups in total. The number of morpholine rings is 1. The van der Waals surface area contributed by atoms with Gasteiger partial charge in [0.25, 0.3) is 5.91 Å². The summed E-state index contributed by atoms with van der Waals surface area (Å²) in [6.07, 6.45) is 1.58. The Morgan fingerprint density at radius 2 is 2.04 bits per heavy atom. The molecule has 1 amide bonds. The Morgan fingerprint density at radius 3 is 2.77 bits per heavy atom. The Bertz CT molecular complexity index is 993. The normalized spacial score (nSPS) is 14.8. The van der Waals surface area contributed by atoms with Gasteiger partial charge in [0.15, 0.2) is 0 Å². The molecule has 26 heavy (non-hydrogen) atoms. The number of ether oxygens (including phenoxy) is 1. The van der Waals surface area contributed by atoms with Gasteiger partial charge in [0.2, 0.25) is 0 Å². The topological polar surface area (TPSA) is 73.4 Å². The molecule has 0 radical (unpaired) electrons. The molecule has 1 aliphatic rings. The number of hydrogen-bond acceptors (Lipinski definition) is 4. The van der Waals surface area contributed by atoms with Crippen LogP contribution in [0.2, 0.25) is 0 Å². The van der Waals surface area contributed by atoms with E-state index in [9.17, 15) is 4.79 Å². The minimum atomic E-state index is -0.0345. The van der Waals surface area contributed by atoms with Gasteiger partial charge in [-0.05, 0) is 23.8 Å². The van der Waals surface area contributed by atoms with E-state index in [-0.39, 0.29) is 5.91 Å². The van der Waals surface area contributed by atoms with E-state index in [0.29, 0.717) is 37.7 Å². The fourth-order valence-electron chi connectivity index (χ4n) is 3.41. The van der Waals surface area contributed by atoms with Crippen molar-refractivity contribution >= 4 is 38.6 Å². The number of rotatable bonds is 2. The van der Waals surface area contributed by atoms with Crippen molar-refractivity contribution in [1.82, 2.24) is 14.5 Å². The maximum Gasteiger partial charge on any atom is 0.257 e. The molecule has 1 fully saturated rings. The van der Waals surface area contributed by atoms with Crippen LogP contribution in [0.5, 0.6) is 0 Å². The van der Waals surface area contributed by atoms with Gasteiger partial charge < -0.3 is 19.9 Å². The first-order valence-corrected chi connectivity index (χ1v) is 9.22. The zero-order chi connectivity index (χ0) is 18.3. The van der Waals surface area contributed by atoms with Gasteiger partial charge in [0, 0.05) is 41.9 Å². The van der Waals surface area contributed by atoms with Crippen molar-refractivity contribution in [2.45, 2.75) is 0 Å². The Morgan fingerprint density at radius 1 is 1.27 bits per heavy atom. The molecule has 0 atom stereocenters.